The van der Waals surface area contributed by atoms with Gasteiger partial charge in [-0.25, -0.2) is 4.98 Å². The Morgan fingerprint density at radius 1 is 1.26 bits per heavy atom. The minimum Gasteiger partial charge on any atom is -0.497 e. The molecule has 0 radical (unpaired) electrons. The first-order valence-electron chi connectivity index (χ1n) is 6.56. The predicted octanol–water partition coefficient (Wildman–Crippen LogP) is 3.63. The Bertz CT molecular complexity index is 519. The van der Waals surface area contributed by atoms with Crippen LogP contribution < -0.4 is 10.1 Å². The molecule has 1 aromatic carbocycles. The number of methoxy groups -OCH3 is 1. The summed E-state index contributed by atoms with van der Waals surface area (Å²) in [6, 6.07) is 8.15. The van der Waals surface area contributed by atoms with Gasteiger partial charge in [0.15, 0.2) is 0 Å². The van der Waals surface area contributed by atoms with Crippen molar-refractivity contribution in [2.75, 3.05) is 13.7 Å². The van der Waals surface area contributed by atoms with Gasteiger partial charge >= 0.3 is 0 Å². The van der Waals surface area contributed by atoms with Gasteiger partial charge in [0.25, 0.3) is 0 Å². The van der Waals surface area contributed by atoms with Crippen LogP contribution in [0, 0.1) is 6.92 Å². The van der Waals surface area contributed by atoms with Crippen LogP contribution in [0.2, 0.25) is 0 Å². The molecule has 0 spiro atoms. The van der Waals surface area contributed by atoms with Crippen molar-refractivity contribution in [3.05, 3.63) is 35.0 Å². The van der Waals surface area contributed by atoms with Crippen LogP contribution in [0.3, 0.4) is 0 Å². The molecule has 2 rings (SSSR count). The molecule has 0 unspecified atom stereocenters. The molecule has 0 bridgehead atoms. The molecule has 0 atom stereocenters. The van der Waals surface area contributed by atoms with Crippen LogP contribution in [-0.4, -0.2) is 18.6 Å². The average Bonchev–Trinajstić information content (AvgIpc) is 2.80. The summed E-state index contributed by atoms with van der Waals surface area (Å²) in [5, 5.41) is 4.54. The Balaban J connectivity index is 2.14. The zero-order valence-corrected chi connectivity index (χ0v) is 12.5. The molecule has 3 nitrogen and oxygen atoms in total. The number of nitrogens with zero attached hydrogens (tertiary/aromatic N) is 1. The highest BCUT2D eigenvalue weighted by Crippen LogP contribution is 2.31. The van der Waals surface area contributed by atoms with E-state index in [9.17, 15) is 0 Å². The summed E-state index contributed by atoms with van der Waals surface area (Å²) in [5.41, 5.74) is 2.31. The highest BCUT2D eigenvalue weighted by Gasteiger charge is 2.09. The maximum Gasteiger partial charge on any atom is 0.118 e. The highest BCUT2D eigenvalue weighted by atomic mass is 32.1. The van der Waals surface area contributed by atoms with E-state index in [1.165, 1.54) is 10.4 Å². The number of hydrogen-bond acceptors (Lipinski definition) is 4. The van der Waals surface area contributed by atoms with Crippen molar-refractivity contribution in [3.63, 3.8) is 0 Å². The summed E-state index contributed by atoms with van der Waals surface area (Å²) in [5.74, 6) is 0.885. The number of benzene rings is 1. The van der Waals surface area contributed by atoms with Crippen LogP contribution in [0.15, 0.2) is 24.3 Å². The molecule has 19 heavy (non-hydrogen) atoms. The van der Waals surface area contributed by atoms with E-state index >= 15 is 0 Å². The molecule has 0 aliphatic heterocycles. The minimum absolute atomic E-state index is 0.857. The van der Waals surface area contributed by atoms with Crippen molar-refractivity contribution < 1.29 is 4.74 Å². The second-order valence-corrected chi connectivity index (χ2v) is 5.51. The molecule has 0 fully saturated rings. The first-order chi connectivity index (χ1) is 9.24. The molecule has 4 heteroatoms. The number of ether oxygens (including phenoxy) is 1. The van der Waals surface area contributed by atoms with E-state index in [4.69, 9.17) is 4.74 Å². The van der Waals surface area contributed by atoms with Crippen molar-refractivity contribution in [2.24, 2.45) is 0 Å². The Morgan fingerprint density at radius 2 is 2.00 bits per heavy atom. The molecular weight excluding hydrogens is 256 g/mol. The maximum absolute atomic E-state index is 5.18. The fraction of sp³-hybridized carbons (Fsp3) is 0.400. The van der Waals surface area contributed by atoms with E-state index in [1.807, 2.05) is 12.1 Å². The van der Waals surface area contributed by atoms with Crippen molar-refractivity contribution >= 4 is 11.3 Å². The molecule has 0 amide bonds. The first kappa shape index (κ1) is 14.0. The van der Waals surface area contributed by atoms with E-state index in [2.05, 4.69) is 36.3 Å². The third-order valence-corrected chi connectivity index (χ3v) is 4.10. The van der Waals surface area contributed by atoms with E-state index in [-0.39, 0.29) is 0 Å². The van der Waals surface area contributed by atoms with Crippen molar-refractivity contribution in [2.45, 2.75) is 26.8 Å². The normalized spacial score (nSPS) is 10.7. The summed E-state index contributed by atoms with van der Waals surface area (Å²) < 4.78 is 5.18. The fourth-order valence-corrected chi connectivity index (χ4v) is 2.95. The second-order valence-electron chi connectivity index (χ2n) is 4.43. The molecule has 1 aromatic heterocycles. The Morgan fingerprint density at radius 3 is 2.63 bits per heavy atom. The van der Waals surface area contributed by atoms with Crippen LogP contribution in [0.1, 0.15) is 24.0 Å². The van der Waals surface area contributed by atoms with Gasteiger partial charge in [-0.2, -0.15) is 0 Å². The molecule has 0 aliphatic rings. The van der Waals surface area contributed by atoms with E-state index in [0.29, 0.717) is 0 Å². The Kier molecular flexibility index (Phi) is 4.93. The van der Waals surface area contributed by atoms with Crippen molar-refractivity contribution in [3.8, 4) is 16.2 Å². The largest absolute Gasteiger partial charge is 0.497 e. The van der Waals surface area contributed by atoms with E-state index in [0.717, 1.165) is 36.0 Å². The van der Waals surface area contributed by atoms with Crippen LogP contribution in [0.5, 0.6) is 5.75 Å². The summed E-state index contributed by atoms with van der Waals surface area (Å²) in [6.45, 7) is 6.13. The standard InChI is InChI=1S/C15H20N2OS/c1-4-9-16-10-14-17-11(2)15(19-14)12-5-7-13(18-3)8-6-12/h5-8,16H,4,9-10H2,1-3H3. The quantitative estimate of drug-likeness (QED) is 0.818. The van der Waals surface area contributed by atoms with Crippen LogP contribution in [-0.2, 0) is 6.54 Å². The third kappa shape index (κ3) is 3.55. The molecule has 0 saturated carbocycles. The zero-order valence-electron chi connectivity index (χ0n) is 11.7. The fourth-order valence-electron chi connectivity index (χ4n) is 1.91. The lowest BCUT2D eigenvalue weighted by molar-refractivity contribution is 0.415. The summed E-state index contributed by atoms with van der Waals surface area (Å²) in [4.78, 5) is 5.87. The molecule has 2 aromatic rings. The van der Waals surface area contributed by atoms with Crippen LogP contribution in [0.4, 0.5) is 0 Å². The summed E-state index contributed by atoms with van der Waals surface area (Å²) >= 11 is 1.76. The lowest BCUT2D eigenvalue weighted by atomic mass is 10.1. The second kappa shape index (κ2) is 6.68. The van der Waals surface area contributed by atoms with Gasteiger partial charge in [0.2, 0.25) is 0 Å². The zero-order chi connectivity index (χ0) is 13.7. The van der Waals surface area contributed by atoms with Gasteiger partial charge in [0.05, 0.1) is 17.7 Å². The Hall–Kier alpha value is -1.39. The Labute approximate surface area is 118 Å². The first-order valence-corrected chi connectivity index (χ1v) is 7.37. The number of nitrogens with one attached hydrogen (secondary N) is 1. The number of aryl methyl sites for hydroxylation is 1. The lowest BCUT2D eigenvalue weighted by Crippen LogP contribution is -2.13. The molecule has 102 valence electrons. The van der Waals surface area contributed by atoms with Crippen LogP contribution >= 0.6 is 11.3 Å². The van der Waals surface area contributed by atoms with E-state index < -0.39 is 0 Å². The highest BCUT2D eigenvalue weighted by molar-refractivity contribution is 7.15. The number of rotatable bonds is 6. The van der Waals surface area contributed by atoms with Crippen molar-refractivity contribution in [1.82, 2.24) is 10.3 Å². The van der Waals surface area contributed by atoms with Gasteiger partial charge < -0.3 is 10.1 Å². The summed E-state index contributed by atoms with van der Waals surface area (Å²) in [6.07, 6.45) is 1.15. The van der Waals surface area contributed by atoms with E-state index in [1.54, 1.807) is 18.4 Å². The molecular formula is C15H20N2OS. The van der Waals surface area contributed by atoms with Gasteiger partial charge in [-0.1, -0.05) is 6.92 Å². The van der Waals surface area contributed by atoms with Gasteiger partial charge in [-0.05, 0) is 49.7 Å². The average molecular weight is 276 g/mol. The number of thiazole rings is 1. The van der Waals surface area contributed by atoms with Crippen LogP contribution in [0.25, 0.3) is 10.4 Å². The molecule has 1 N–H and O–H groups in total. The SMILES string of the molecule is CCCNCc1nc(C)c(-c2ccc(OC)cc2)s1. The minimum atomic E-state index is 0.857. The summed E-state index contributed by atoms with van der Waals surface area (Å²) in [7, 11) is 1.68. The third-order valence-electron chi connectivity index (χ3n) is 2.90. The monoisotopic (exact) mass is 276 g/mol. The van der Waals surface area contributed by atoms with Gasteiger partial charge in [-0.3, -0.25) is 0 Å². The predicted molar refractivity (Wildman–Crippen MR) is 80.8 cm³/mol. The topological polar surface area (TPSA) is 34.2 Å². The van der Waals surface area contributed by atoms with Gasteiger partial charge in [0.1, 0.15) is 10.8 Å². The number of aromatic nitrogens is 1. The molecule has 1 heterocycles. The molecule has 0 saturated heterocycles. The smallest absolute Gasteiger partial charge is 0.118 e. The van der Waals surface area contributed by atoms with Gasteiger partial charge in [0, 0.05) is 6.54 Å². The lowest BCUT2D eigenvalue weighted by Gasteiger charge is -2.01. The van der Waals surface area contributed by atoms with Crippen molar-refractivity contribution in [1.29, 1.82) is 0 Å². The number of hydrogen-bond donors (Lipinski definition) is 1. The molecule has 0 aliphatic carbocycles. The van der Waals surface area contributed by atoms with Gasteiger partial charge in [-0.15, -0.1) is 11.3 Å². The maximum atomic E-state index is 5.18.